The summed E-state index contributed by atoms with van der Waals surface area (Å²) < 4.78 is 0. The lowest BCUT2D eigenvalue weighted by Gasteiger charge is -2.00. The first-order valence-corrected chi connectivity index (χ1v) is 4.17. The van der Waals surface area contributed by atoms with Gasteiger partial charge in [-0.1, -0.05) is 24.3 Å². The van der Waals surface area contributed by atoms with Gasteiger partial charge >= 0.3 is 0 Å². The summed E-state index contributed by atoms with van der Waals surface area (Å²) in [5.74, 6) is 0. The van der Waals surface area contributed by atoms with E-state index in [0.29, 0.717) is 10.9 Å². The number of rotatable bonds is 1. The first kappa shape index (κ1) is 8.69. The molecule has 0 N–H and O–H groups in total. The minimum Gasteiger partial charge on any atom is -0.258 e. The van der Waals surface area contributed by atoms with Crippen molar-refractivity contribution in [2.24, 2.45) is 0 Å². The molecule has 0 aromatic heterocycles. The topological polar surface area (TPSA) is 43.1 Å². The lowest BCUT2D eigenvalue weighted by molar-refractivity contribution is -0.383. The van der Waals surface area contributed by atoms with Gasteiger partial charge in [0.25, 0.3) is 5.69 Å². The second-order valence-corrected chi connectivity index (χ2v) is 3.09. The highest BCUT2D eigenvalue weighted by molar-refractivity contribution is 5.91. The third kappa shape index (κ3) is 1.33. The molecule has 14 heavy (non-hydrogen) atoms. The van der Waals surface area contributed by atoms with Crippen LogP contribution in [0.15, 0.2) is 36.4 Å². The molecular formula is C11H8NO2. The van der Waals surface area contributed by atoms with E-state index in [4.69, 9.17) is 0 Å². The van der Waals surface area contributed by atoms with Crippen LogP contribution in [0.25, 0.3) is 10.8 Å². The van der Waals surface area contributed by atoms with E-state index in [1.807, 2.05) is 18.2 Å². The molecule has 0 fully saturated rings. The molecule has 0 saturated carbocycles. The first-order chi connectivity index (χ1) is 6.68. The van der Waals surface area contributed by atoms with Gasteiger partial charge < -0.3 is 0 Å². The summed E-state index contributed by atoms with van der Waals surface area (Å²) in [4.78, 5) is 10.4. The summed E-state index contributed by atoms with van der Waals surface area (Å²) in [5.41, 5.74) is 0.781. The van der Waals surface area contributed by atoms with Crippen LogP contribution < -0.4 is 0 Å². The largest absolute Gasteiger partial charge is 0.277 e. The Morgan fingerprint density at radius 2 is 1.93 bits per heavy atom. The van der Waals surface area contributed by atoms with Crippen LogP contribution in [0, 0.1) is 17.0 Å². The van der Waals surface area contributed by atoms with Gasteiger partial charge in [-0.15, -0.1) is 0 Å². The maximum Gasteiger partial charge on any atom is 0.277 e. The third-order valence-corrected chi connectivity index (χ3v) is 2.10. The van der Waals surface area contributed by atoms with Crippen LogP contribution in [0.1, 0.15) is 5.56 Å². The van der Waals surface area contributed by atoms with E-state index in [1.54, 1.807) is 12.1 Å². The van der Waals surface area contributed by atoms with Gasteiger partial charge in [-0.2, -0.15) is 0 Å². The number of nitro benzene ring substituents is 1. The zero-order valence-electron chi connectivity index (χ0n) is 7.43. The Bertz CT molecular complexity index is 506. The molecule has 3 heteroatoms. The van der Waals surface area contributed by atoms with Crippen molar-refractivity contribution in [2.75, 3.05) is 0 Å². The number of fused-ring (bicyclic) bond motifs is 1. The Morgan fingerprint density at radius 1 is 1.21 bits per heavy atom. The van der Waals surface area contributed by atoms with Crippen molar-refractivity contribution in [3.8, 4) is 0 Å². The van der Waals surface area contributed by atoms with Gasteiger partial charge in [0.15, 0.2) is 0 Å². The molecule has 2 rings (SSSR count). The fraction of sp³-hybridized carbons (Fsp3) is 0. The Labute approximate surface area is 81.1 Å². The van der Waals surface area contributed by atoms with Crippen LogP contribution in [0.4, 0.5) is 5.69 Å². The van der Waals surface area contributed by atoms with Crippen LogP contribution in [0.5, 0.6) is 0 Å². The fourth-order valence-corrected chi connectivity index (χ4v) is 1.50. The van der Waals surface area contributed by atoms with E-state index in [9.17, 15) is 10.1 Å². The highest BCUT2D eigenvalue weighted by Gasteiger charge is 2.11. The zero-order valence-corrected chi connectivity index (χ0v) is 7.43. The quantitative estimate of drug-likeness (QED) is 0.507. The summed E-state index contributed by atoms with van der Waals surface area (Å²) in [5, 5.41) is 12.3. The molecule has 0 amide bonds. The maximum atomic E-state index is 10.7. The summed E-state index contributed by atoms with van der Waals surface area (Å²) in [6.07, 6.45) is 0. The molecule has 0 atom stereocenters. The van der Waals surface area contributed by atoms with Gasteiger partial charge in [0.1, 0.15) is 0 Å². The van der Waals surface area contributed by atoms with E-state index in [2.05, 4.69) is 6.92 Å². The van der Waals surface area contributed by atoms with E-state index < -0.39 is 0 Å². The predicted octanol–water partition coefficient (Wildman–Crippen LogP) is 2.93. The molecule has 0 saturated heterocycles. The van der Waals surface area contributed by atoms with Crippen LogP contribution in [-0.2, 0) is 0 Å². The number of nitrogens with zero attached hydrogens (tertiary/aromatic N) is 1. The Balaban J connectivity index is 2.87. The molecule has 0 unspecified atom stereocenters. The second-order valence-electron chi connectivity index (χ2n) is 3.09. The lowest BCUT2D eigenvalue weighted by atomic mass is 10.1. The van der Waals surface area contributed by atoms with Gasteiger partial charge in [0, 0.05) is 6.07 Å². The van der Waals surface area contributed by atoms with Gasteiger partial charge in [-0.3, -0.25) is 10.1 Å². The first-order valence-electron chi connectivity index (χ1n) is 4.17. The molecule has 0 aliphatic carbocycles. The SMILES string of the molecule is [CH2]c1cc([N+](=O)[O-])c2ccccc2c1. The molecule has 69 valence electrons. The number of hydrogen-bond donors (Lipinski definition) is 0. The van der Waals surface area contributed by atoms with Crippen molar-refractivity contribution in [2.45, 2.75) is 0 Å². The molecule has 3 nitrogen and oxygen atoms in total. The molecule has 2 aromatic carbocycles. The molecule has 0 heterocycles. The van der Waals surface area contributed by atoms with Crippen molar-refractivity contribution in [3.63, 3.8) is 0 Å². The molecule has 1 radical (unpaired) electrons. The van der Waals surface area contributed by atoms with Crippen LogP contribution in [0.3, 0.4) is 0 Å². The smallest absolute Gasteiger partial charge is 0.258 e. The second kappa shape index (κ2) is 3.10. The van der Waals surface area contributed by atoms with E-state index in [-0.39, 0.29) is 10.6 Å². The van der Waals surface area contributed by atoms with Crippen LogP contribution >= 0.6 is 0 Å². The Morgan fingerprint density at radius 3 is 2.64 bits per heavy atom. The molecule has 0 bridgehead atoms. The molecule has 0 aliphatic rings. The summed E-state index contributed by atoms with van der Waals surface area (Å²) in [6, 6.07) is 10.6. The number of nitro groups is 1. The third-order valence-electron chi connectivity index (χ3n) is 2.10. The lowest BCUT2D eigenvalue weighted by Crippen LogP contribution is -1.90. The van der Waals surface area contributed by atoms with Gasteiger partial charge in [0.2, 0.25) is 0 Å². The minimum absolute atomic E-state index is 0.119. The predicted molar refractivity (Wildman–Crippen MR) is 55.1 cm³/mol. The van der Waals surface area contributed by atoms with E-state index in [0.717, 1.165) is 5.39 Å². The van der Waals surface area contributed by atoms with Gasteiger partial charge in [-0.25, -0.2) is 0 Å². The molecular weight excluding hydrogens is 178 g/mol. The van der Waals surface area contributed by atoms with Crippen LogP contribution in [-0.4, -0.2) is 4.92 Å². The monoisotopic (exact) mass is 186 g/mol. The van der Waals surface area contributed by atoms with Gasteiger partial charge in [0.05, 0.1) is 10.3 Å². The zero-order chi connectivity index (χ0) is 10.1. The normalized spacial score (nSPS) is 10.4. The van der Waals surface area contributed by atoms with Crippen LogP contribution in [0.2, 0.25) is 0 Å². The van der Waals surface area contributed by atoms with Gasteiger partial charge in [-0.05, 0) is 23.9 Å². The average Bonchev–Trinajstić information content (AvgIpc) is 2.16. The highest BCUT2D eigenvalue weighted by Crippen LogP contribution is 2.26. The minimum atomic E-state index is -0.378. The van der Waals surface area contributed by atoms with Crippen molar-refractivity contribution in [1.82, 2.24) is 0 Å². The number of hydrogen-bond acceptors (Lipinski definition) is 2. The van der Waals surface area contributed by atoms with Crippen molar-refractivity contribution in [1.29, 1.82) is 0 Å². The Kier molecular flexibility index (Phi) is 1.93. The van der Waals surface area contributed by atoms with Crippen molar-refractivity contribution >= 4 is 16.5 Å². The molecule has 2 aromatic rings. The van der Waals surface area contributed by atoms with Crippen molar-refractivity contribution in [3.05, 3.63) is 59.0 Å². The highest BCUT2D eigenvalue weighted by atomic mass is 16.6. The Hall–Kier alpha value is -1.90. The van der Waals surface area contributed by atoms with Crippen molar-refractivity contribution < 1.29 is 4.92 Å². The summed E-state index contributed by atoms with van der Waals surface area (Å²) >= 11 is 0. The molecule has 0 aliphatic heterocycles. The average molecular weight is 186 g/mol. The maximum absolute atomic E-state index is 10.7. The summed E-state index contributed by atoms with van der Waals surface area (Å²) in [7, 11) is 0. The molecule has 0 spiro atoms. The number of non-ortho nitro benzene ring substituents is 1. The standard InChI is InChI=1S/C11H8NO2/c1-8-6-9-4-2-3-5-10(9)11(7-8)12(13)14/h2-7H,1H2. The number of benzene rings is 2. The van der Waals surface area contributed by atoms with E-state index >= 15 is 0 Å². The summed E-state index contributed by atoms with van der Waals surface area (Å²) in [6.45, 7) is 3.71. The van der Waals surface area contributed by atoms with E-state index in [1.165, 1.54) is 6.07 Å². The fourth-order valence-electron chi connectivity index (χ4n) is 1.50.